The predicted octanol–water partition coefficient (Wildman–Crippen LogP) is 2.55. The molecule has 1 aromatic carbocycles. The molecule has 124 valence electrons. The molecule has 0 aliphatic carbocycles. The van der Waals surface area contributed by atoms with Crippen LogP contribution in [0.5, 0.6) is 5.75 Å². The Morgan fingerprint density at radius 1 is 1.26 bits per heavy atom. The summed E-state index contributed by atoms with van der Waals surface area (Å²) in [4.78, 5) is 23.7. The Kier molecular flexibility index (Phi) is 3.82. The highest BCUT2D eigenvalue weighted by Gasteiger charge is 2.43. The van der Waals surface area contributed by atoms with Crippen molar-refractivity contribution in [3.63, 3.8) is 0 Å². The Morgan fingerprint density at radius 2 is 2.04 bits per heavy atom. The molecule has 1 spiro atoms. The summed E-state index contributed by atoms with van der Waals surface area (Å²) in [6.07, 6.45) is -2.13. The van der Waals surface area contributed by atoms with Gasteiger partial charge in [0, 0.05) is 24.1 Å². The zero-order valence-corrected chi connectivity index (χ0v) is 12.4. The smallest absolute Gasteiger partial charge is 0.416 e. The summed E-state index contributed by atoms with van der Waals surface area (Å²) in [6.45, 7) is 1.20. The topological polar surface area (TPSA) is 46.6 Å². The number of benzene rings is 1. The van der Waals surface area contributed by atoms with E-state index in [9.17, 15) is 22.8 Å². The van der Waals surface area contributed by atoms with Crippen molar-refractivity contribution in [2.45, 2.75) is 30.9 Å². The fourth-order valence-electron chi connectivity index (χ4n) is 3.45. The van der Waals surface area contributed by atoms with Crippen LogP contribution < -0.4 is 4.74 Å². The molecule has 1 unspecified atom stereocenters. The van der Waals surface area contributed by atoms with Gasteiger partial charge in [0.15, 0.2) is 0 Å². The van der Waals surface area contributed by atoms with Gasteiger partial charge in [-0.3, -0.25) is 9.59 Å². The van der Waals surface area contributed by atoms with E-state index in [1.807, 2.05) is 0 Å². The molecule has 1 amide bonds. The second kappa shape index (κ2) is 5.54. The first-order valence-electron chi connectivity index (χ1n) is 7.44. The van der Waals surface area contributed by atoms with Gasteiger partial charge in [0.2, 0.25) is 6.29 Å². The van der Waals surface area contributed by atoms with Gasteiger partial charge < -0.3 is 9.64 Å². The number of fused-ring (bicyclic) bond motifs is 2. The van der Waals surface area contributed by atoms with Crippen molar-refractivity contribution in [3.05, 3.63) is 29.3 Å². The van der Waals surface area contributed by atoms with Crippen molar-refractivity contribution < 1.29 is 27.5 Å². The predicted molar refractivity (Wildman–Crippen MR) is 75.1 cm³/mol. The molecule has 23 heavy (non-hydrogen) atoms. The third-order valence-corrected chi connectivity index (χ3v) is 4.74. The SMILES string of the molecule is O=CC(=O)N1CCCC2(CC1)COc1cc(C(F)(F)F)ccc12. The number of carbonyl (C=O) groups is 2. The molecule has 1 fully saturated rings. The molecule has 0 bridgehead atoms. The van der Waals surface area contributed by atoms with Gasteiger partial charge in [0.1, 0.15) is 5.75 Å². The lowest BCUT2D eigenvalue weighted by Gasteiger charge is -2.26. The molecular formula is C16H16F3NO3. The van der Waals surface area contributed by atoms with Crippen LogP contribution in [0, 0.1) is 0 Å². The van der Waals surface area contributed by atoms with Crippen molar-refractivity contribution >= 4 is 12.2 Å². The summed E-state index contributed by atoms with van der Waals surface area (Å²) in [7, 11) is 0. The summed E-state index contributed by atoms with van der Waals surface area (Å²) in [5.41, 5.74) is -0.331. The minimum atomic E-state index is -4.40. The van der Waals surface area contributed by atoms with Crippen LogP contribution in [-0.4, -0.2) is 36.8 Å². The first kappa shape index (κ1) is 15.8. The van der Waals surface area contributed by atoms with E-state index in [0.29, 0.717) is 45.2 Å². The quantitative estimate of drug-likeness (QED) is 0.588. The summed E-state index contributed by atoms with van der Waals surface area (Å²) in [5, 5.41) is 0. The minimum absolute atomic E-state index is 0.273. The molecule has 2 aliphatic heterocycles. The zero-order chi connectivity index (χ0) is 16.7. The van der Waals surface area contributed by atoms with Crippen LogP contribution in [0.3, 0.4) is 0 Å². The Bertz CT molecular complexity index is 644. The summed E-state index contributed by atoms with van der Waals surface area (Å²) >= 11 is 0. The number of carbonyl (C=O) groups excluding carboxylic acids is 2. The standard InChI is InChI=1S/C16H16F3NO3/c17-16(18,19)11-2-3-12-13(8-11)23-10-15(12)4-1-6-20(7-5-15)14(22)9-21/h2-3,8-9H,1,4-7,10H2. The summed E-state index contributed by atoms with van der Waals surface area (Å²) in [5.74, 6) is -0.274. The summed E-state index contributed by atoms with van der Waals surface area (Å²) in [6, 6.07) is 3.61. The molecule has 1 saturated heterocycles. The van der Waals surface area contributed by atoms with Crippen LogP contribution in [0.1, 0.15) is 30.4 Å². The maximum absolute atomic E-state index is 12.8. The van der Waals surface area contributed by atoms with E-state index in [4.69, 9.17) is 4.74 Å². The van der Waals surface area contributed by atoms with Gasteiger partial charge in [-0.25, -0.2) is 0 Å². The molecule has 0 radical (unpaired) electrons. The molecule has 7 heteroatoms. The number of amides is 1. The van der Waals surface area contributed by atoms with Crippen molar-refractivity contribution in [2.75, 3.05) is 19.7 Å². The third kappa shape index (κ3) is 2.80. The van der Waals surface area contributed by atoms with Crippen LogP contribution in [0.15, 0.2) is 18.2 Å². The largest absolute Gasteiger partial charge is 0.492 e. The van der Waals surface area contributed by atoms with Crippen LogP contribution in [0.2, 0.25) is 0 Å². The molecule has 2 heterocycles. The van der Waals surface area contributed by atoms with Crippen molar-refractivity contribution in [1.82, 2.24) is 4.90 Å². The van der Waals surface area contributed by atoms with Gasteiger partial charge in [-0.2, -0.15) is 13.2 Å². The van der Waals surface area contributed by atoms with E-state index in [0.717, 1.165) is 17.7 Å². The lowest BCUT2D eigenvalue weighted by molar-refractivity contribution is -0.138. The fourth-order valence-corrected chi connectivity index (χ4v) is 3.45. The number of aldehydes is 1. The first-order chi connectivity index (χ1) is 10.9. The molecule has 2 aliphatic rings. The molecule has 0 saturated carbocycles. The molecule has 0 N–H and O–H groups in total. The highest BCUT2D eigenvalue weighted by Crippen LogP contribution is 2.47. The monoisotopic (exact) mass is 327 g/mol. The number of nitrogens with zero attached hydrogens (tertiary/aromatic N) is 1. The number of likely N-dealkylation sites (tertiary alicyclic amines) is 1. The van der Waals surface area contributed by atoms with Gasteiger partial charge in [-0.15, -0.1) is 0 Å². The van der Waals surface area contributed by atoms with Crippen molar-refractivity contribution in [1.29, 1.82) is 0 Å². The van der Waals surface area contributed by atoms with E-state index >= 15 is 0 Å². The number of rotatable bonds is 1. The van der Waals surface area contributed by atoms with Crippen LogP contribution in [-0.2, 0) is 21.2 Å². The lowest BCUT2D eigenvalue weighted by atomic mass is 9.76. The molecule has 1 aromatic rings. The lowest BCUT2D eigenvalue weighted by Crippen LogP contribution is -2.34. The molecule has 0 aromatic heterocycles. The number of hydrogen-bond donors (Lipinski definition) is 0. The average molecular weight is 327 g/mol. The molecule has 1 atom stereocenters. The van der Waals surface area contributed by atoms with E-state index in [2.05, 4.69) is 0 Å². The van der Waals surface area contributed by atoms with Gasteiger partial charge in [-0.1, -0.05) is 6.07 Å². The highest BCUT2D eigenvalue weighted by atomic mass is 19.4. The first-order valence-corrected chi connectivity index (χ1v) is 7.44. The Labute approximate surface area is 131 Å². The minimum Gasteiger partial charge on any atom is -0.492 e. The van der Waals surface area contributed by atoms with E-state index < -0.39 is 17.6 Å². The maximum Gasteiger partial charge on any atom is 0.416 e. The average Bonchev–Trinajstić information content (AvgIpc) is 2.72. The van der Waals surface area contributed by atoms with E-state index in [-0.39, 0.29) is 11.2 Å². The second-order valence-electron chi connectivity index (χ2n) is 6.07. The van der Waals surface area contributed by atoms with Gasteiger partial charge in [0.05, 0.1) is 12.2 Å². The van der Waals surface area contributed by atoms with Crippen molar-refractivity contribution in [2.24, 2.45) is 0 Å². The zero-order valence-electron chi connectivity index (χ0n) is 12.4. The summed E-state index contributed by atoms with van der Waals surface area (Å²) < 4.78 is 43.9. The van der Waals surface area contributed by atoms with Gasteiger partial charge in [-0.05, 0) is 31.4 Å². The number of hydrogen-bond acceptors (Lipinski definition) is 3. The van der Waals surface area contributed by atoms with Crippen LogP contribution in [0.4, 0.5) is 13.2 Å². The molecular weight excluding hydrogens is 311 g/mol. The Morgan fingerprint density at radius 3 is 2.74 bits per heavy atom. The second-order valence-corrected chi connectivity index (χ2v) is 6.07. The Hall–Kier alpha value is -2.05. The number of alkyl halides is 3. The Balaban J connectivity index is 1.87. The van der Waals surface area contributed by atoms with E-state index in [1.165, 1.54) is 11.0 Å². The number of ether oxygens (including phenoxy) is 1. The molecule has 3 rings (SSSR count). The van der Waals surface area contributed by atoms with E-state index in [1.54, 1.807) is 0 Å². The van der Waals surface area contributed by atoms with Crippen LogP contribution in [0.25, 0.3) is 0 Å². The van der Waals surface area contributed by atoms with Gasteiger partial charge >= 0.3 is 6.18 Å². The van der Waals surface area contributed by atoms with Crippen LogP contribution >= 0.6 is 0 Å². The van der Waals surface area contributed by atoms with Gasteiger partial charge in [0.25, 0.3) is 5.91 Å². The highest BCUT2D eigenvalue weighted by molar-refractivity contribution is 6.23. The fraction of sp³-hybridized carbons (Fsp3) is 0.500. The van der Waals surface area contributed by atoms with Crippen molar-refractivity contribution in [3.8, 4) is 5.75 Å². The third-order valence-electron chi connectivity index (χ3n) is 4.74. The maximum atomic E-state index is 12.8. The number of halogens is 3. The molecule has 4 nitrogen and oxygen atoms in total. The normalized spacial score (nSPS) is 24.0.